The van der Waals surface area contributed by atoms with E-state index in [9.17, 15) is 9.59 Å². The fourth-order valence-corrected chi connectivity index (χ4v) is 2.04. The number of hydrogen-bond acceptors (Lipinski definition) is 4. The maximum absolute atomic E-state index is 12.0. The highest BCUT2D eigenvalue weighted by Crippen LogP contribution is 2.24. The number of amides is 1. The fourth-order valence-electron chi connectivity index (χ4n) is 1.82. The van der Waals surface area contributed by atoms with Crippen LogP contribution >= 0.6 is 11.6 Å². The molecular weight excluding hydrogens is 272 g/mol. The number of benzene rings is 1. The molecule has 0 bridgehead atoms. The van der Waals surface area contributed by atoms with Crippen LogP contribution in [0, 0.1) is 5.92 Å². The number of carboxylic acid groups (broad SMARTS) is 1. The summed E-state index contributed by atoms with van der Waals surface area (Å²) >= 11 is 5.92. The summed E-state index contributed by atoms with van der Waals surface area (Å²) in [6.45, 7) is 0.627. The van der Waals surface area contributed by atoms with E-state index >= 15 is 0 Å². The van der Waals surface area contributed by atoms with Gasteiger partial charge < -0.3 is 20.9 Å². The third-order valence-corrected chi connectivity index (χ3v) is 3.25. The van der Waals surface area contributed by atoms with Gasteiger partial charge in [0, 0.05) is 6.04 Å². The Morgan fingerprint density at radius 3 is 2.68 bits per heavy atom. The van der Waals surface area contributed by atoms with Crippen molar-refractivity contribution in [3.8, 4) is 0 Å². The third-order valence-electron chi connectivity index (χ3n) is 2.94. The van der Waals surface area contributed by atoms with Gasteiger partial charge in [0.25, 0.3) is 0 Å². The molecule has 1 saturated heterocycles. The molecule has 1 aromatic carbocycles. The Labute approximate surface area is 114 Å². The van der Waals surface area contributed by atoms with Gasteiger partial charge in [-0.25, -0.2) is 4.79 Å². The number of anilines is 1. The van der Waals surface area contributed by atoms with Crippen LogP contribution in [0.5, 0.6) is 0 Å². The lowest BCUT2D eigenvalue weighted by atomic mass is 10.0. The van der Waals surface area contributed by atoms with E-state index in [0.717, 1.165) is 0 Å². The van der Waals surface area contributed by atoms with Crippen molar-refractivity contribution < 1.29 is 19.4 Å². The van der Waals surface area contributed by atoms with E-state index in [-0.39, 0.29) is 29.1 Å². The highest BCUT2D eigenvalue weighted by atomic mass is 35.5. The molecule has 0 saturated carbocycles. The molecule has 19 heavy (non-hydrogen) atoms. The van der Waals surface area contributed by atoms with Crippen molar-refractivity contribution in [2.75, 3.05) is 18.5 Å². The zero-order chi connectivity index (χ0) is 14.0. The van der Waals surface area contributed by atoms with Gasteiger partial charge in [-0.2, -0.15) is 0 Å². The second kappa shape index (κ2) is 5.56. The molecule has 1 aliphatic rings. The second-order valence-corrected chi connectivity index (χ2v) is 4.70. The predicted octanol–water partition coefficient (Wildman–Crippen LogP) is 0.950. The number of halogens is 1. The molecule has 1 aliphatic heterocycles. The molecule has 1 fully saturated rings. The Morgan fingerprint density at radius 1 is 1.42 bits per heavy atom. The van der Waals surface area contributed by atoms with Crippen LogP contribution < -0.4 is 11.1 Å². The van der Waals surface area contributed by atoms with E-state index < -0.39 is 11.9 Å². The molecule has 102 valence electrons. The molecule has 1 aromatic rings. The average Bonchev–Trinajstić information content (AvgIpc) is 2.77. The number of nitrogens with two attached hydrogens (primary N) is 1. The van der Waals surface area contributed by atoms with Crippen LogP contribution in [0.1, 0.15) is 10.4 Å². The Bertz CT molecular complexity index is 520. The van der Waals surface area contributed by atoms with Crippen molar-refractivity contribution in [2.24, 2.45) is 11.7 Å². The predicted molar refractivity (Wildman–Crippen MR) is 69.3 cm³/mol. The van der Waals surface area contributed by atoms with Crippen LogP contribution in [-0.4, -0.2) is 36.2 Å². The Hall–Kier alpha value is -1.63. The minimum atomic E-state index is -1.08. The molecule has 2 unspecified atom stereocenters. The number of carbonyl (C=O) groups excluding carboxylic acids is 1. The van der Waals surface area contributed by atoms with E-state index in [1.165, 1.54) is 18.2 Å². The quantitative estimate of drug-likeness (QED) is 0.767. The van der Waals surface area contributed by atoms with Gasteiger partial charge in [0.05, 0.1) is 35.4 Å². The summed E-state index contributed by atoms with van der Waals surface area (Å²) in [5, 5.41) is 11.6. The Kier molecular flexibility index (Phi) is 4.04. The average molecular weight is 285 g/mol. The van der Waals surface area contributed by atoms with Crippen molar-refractivity contribution in [1.82, 2.24) is 0 Å². The normalized spacial score (nSPS) is 22.2. The third kappa shape index (κ3) is 3.04. The van der Waals surface area contributed by atoms with E-state index in [1.807, 2.05) is 0 Å². The van der Waals surface area contributed by atoms with E-state index in [4.69, 9.17) is 27.2 Å². The molecule has 6 nitrogen and oxygen atoms in total. The Morgan fingerprint density at radius 2 is 2.16 bits per heavy atom. The molecule has 7 heteroatoms. The lowest BCUT2D eigenvalue weighted by Crippen LogP contribution is -2.37. The van der Waals surface area contributed by atoms with Gasteiger partial charge in [0.15, 0.2) is 0 Å². The second-order valence-electron chi connectivity index (χ2n) is 4.30. The van der Waals surface area contributed by atoms with Crippen LogP contribution in [0.15, 0.2) is 18.2 Å². The van der Waals surface area contributed by atoms with Gasteiger partial charge >= 0.3 is 5.97 Å². The highest BCUT2D eigenvalue weighted by molar-refractivity contribution is 6.34. The first-order valence-corrected chi connectivity index (χ1v) is 6.04. The summed E-state index contributed by atoms with van der Waals surface area (Å²) in [5.74, 6) is -1.78. The summed E-state index contributed by atoms with van der Waals surface area (Å²) in [4.78, 5) is 22.7. The van der Waals surface area contributed by atoms with Crippen molar-refractivity contribution in [3.63, 3.8) is 0 Å². The monoisotopic (exact) mass is 284 g/mol. The molecule has 2 atom stereocenters. The standard InChI is InChI=1S/C12H13ClN2O4/c13-8-3-6(12(17)18)1-2-10(8)15-11(16)7-4-19-5-9(7)14/h1-3,7,9H,4-5,14H2,(H,15,16)(H,17,18). The van der Waals surface area contributed by atoms with Crippen molar-refractivity contribution in [2.45, 2.75) is 6.04 Å². The topological polar surface area (TPSA) is 102 Å². The van der Waals surface area contributed by atoms with Gasteiger partial charge in [0.2, 0.25) is 5.91 Å². The van der Waals surface area contributed by atoms with E-state index in [1.54, 1.807) is 0 Å². The summed E-state index contributed by atoms with van der Waals surface area (Å²) in [5.41, 5.74) is 6.16. The summed E-state index contributed by atoms with van der Waals surface area (Å²) in [6, 6.07) is 3.77. The molecule has 0 aliphatic carbocycles. The smallest absolute Gasteiger partial charge is 0.335 e. The molecule has 1 heterocycles. The summed E-state index contributed by atoms with van der Waals surface area (Å²) < 4.78 is 5.11. The Balaban J connectivity index is 2.11. The van der Waals surface area contributed by atoms with Gasteiger partial charge in [-0.05, 0) is 18.2 Å². The number of rotatable bonds is 3. The SMILES string of the molecule is NC1COCC1C(=O)Nc1ccc(C(=O)O)cc1Cl. The zero-order valence-corrected chi connectivity index (χ0v) is 10.7. The van der Waals surface area contributed by atoms with Gasteiger partial charge in [-0.3, -0.25) is 4.79 Å². The number of carbonyl (C=O) groups is 2. The minimum absolute atomic E-state index is 0.0592. The molecule has 0 radical (unpaired) electrons. The maximum atomic E-state index is 12.0. The first-order valence-electron chi connectivity index (χ1n) is 5.66. The van der Waals surface area contributed by atoms with Gasteiger partial charge in [-0.1, -0.05) is 11.6 Å². The van der Waals surface area contributed by atoms with Gasteiger partial charge in [-0.15, -0.1) is 0 Å². The van der Waals surface area contributed by atoms with Crippen molar-refractivity contribution in [1.29, 1.82) is 0 Å². The summed E-state index contributed by atoms with van der Waals surface area (Å²) in [7, 11) is 0. The molecule has 1 amide bonds. The van der Waals surface area contributed by atoms with Crippen molar-refractivity contribution in [3.05, 3.63) is 28.8 Å². The minimum Gasteiger partial charge on any atom is -0.478 e. The molecule has 2 rings (SSSR count). The summed E-state index contributed by atoms with van der Waals surface area (Å²) in [6.07, 6.45) is 0. The van der Waals surface area contributed by atoms with Crippen LogP contribution in [0.2, 0.25) is 5.02 Å². The van der Waals surface area contributed by atoms with Gasteiger partial charge in [0.1, 0.15) is 0 Å². The number of carboxylic acids is 1. The number of hydrogen-bond donors (Lipinski definition) is 3. The van der Waals surface area contributed by atoms with Crippen LogP contribution in [0.25, 0.3) is 0 Å². The number of ether oxygens (including phenoxy) is 1. The van der Waals surface area contributed by atoms with Crippen LogP contribution in [-0.2, 0) is 9.53 Å². The first kappa shape index (κ1) is 13.8. The largest absolute Gasteiger partial charge is 0.478 e. The first-order chi connectivity index (χ1) is 8.99. The fraction of sp³-hybridized carbons (Fsp3) is 0.333. The molecule has 0 spiro atoms. The van der Waals surface area contributed by atoms with Crippen molar-refractivity contribution >= 4 is 29.2 Å². The van der Waals surface area contributed by atoms with Crippen LogP contribution in [0.3, 0.4) is 0 Å². The van der Waals surface area contributed by atoms with E-state index in [0.29, 0.717) is 12.3 Å². The van der Waals surface area contributed by atoms with E-state index in [2.05, 4.69) is 5.32 Å². The highest BCUT2D eigenvalue weighted by Gasteiger charge is 2.31. The lowest BCUT2D eigenvalue weighted by molar-refractivity contribution is -0.120. The van der Waals surface area contributed by atoms with Crippen LogP contribution in [0.4, 0.5) is 5.69 Å². The number of nitrogens with one attached hydrogen (secondary N) is 1. The zero-order valence-electron chi connectivity index (χ0n) is 9.93. The molecule has 4 N–H and O–H groups in total. The number of aromatic carboxylic acids is 1. The maximum Gasteiger partial charge on any atom is 0.335 e. The molecular formula is C12H13ClN2O4. The lowest BCUT2D eigenvalue weighted by Gasteiger charge is -2.14. The molecule has 0 aromatic heterocycles.